The third-order valence-corrected chi connectivity index (χ3v) is 11.3. The second-order valence-electron chi connectivity index (χ2n) is 15.3. The quantitative estimate of drug-likeness (QED) is 0.152. The van der Waals surface area contributed by atoms with E-state index in [9.17, 15) is 8.78 Å². The molecule has 4 aromatic carbocycles. The summed E-state index contributed by atoms with van der Waals surface area (Å²) in [5.41, 5.74) is 9.02. The van der Waals surface area contributed by atoms with Gasteiger partial charge in [0.25, 0.3) is 0 Å². The summed E-state index contributed by atoms with van der Waals surface area (Å²) in [7, 11) is 0. The molecule has 0 spiro atoms. The highest BCUT2D eigenvalue weighted by molar-refractivity contribution is 5.39. The molecule has 0 radical (unpaired) electrons. The van der Waals surface area contributed by atoms with Crippen LogP contribution in [0.15, 0.2) is 84.9 Å². The van der Waals surface area contributed by atoms with Crippen LogP contribution in [0.5, 0.6) is 0 Å². The highest BCUT2D eigenvalue weighted by Gasteiger charge is 2.22. The molecule has 2 aliphatic rings. The van der Waals surface area contributed by atoms with Crippen LogP contribution < -0.4 is 0 Å². The lowest BCUT2D eigenvalue weighted by atomic mass is 9.78. The molecule has 0 N–H and O–H groups in total. The molecule has 2 heteroatoms. The molecule has 0 aliphatic heterocycles. The van der Waals surface area contributed by atoms with Crippen molar-refractivity contribution in [2.75, 3.05) is 0 Å². The van der Waals surface area contributed by atoms with E-state index < -0.39 is 0 Å². The molecular formula is C51H60F2. The van der Waals surface area contributed by atoms with Crippen LogP contribution in [0.25, 0.3) is 0 Å². The molecule has 2 fully saturated rings. The van der Waals surface area contributed by atoms with Gasteiger partial charge >= 0.3 is 0 Å². The molecule has 0 nitrogen and oxygen atoms in total. The predicted octanol–water partition coefficient (Wildman–Crippen LogP) is 13.7. The van der Waals surface area contributed by atoms with Gasteiger partial charge in [0, 0.05) is 23.0 Å². The second kappa shape index (κ2) is 20.9. The average molecular weight is 711 g/mol. The first-order valence-electron chi connectivity index (χ1n) is 20.7. The summed E-state index contributed by atoms with van der Waals surface area (Å²) in [5, 5.41) is 0. The van der Waals surface area contributed by atoms with Crippen molar-refractivity contribution in [2.45, 2.75) is 136 Å². The fourth-order valence-electron chi connectivity index (χ4n) is 7.98. The molecule has 0 bridgehead atoms. The lowest BCUT2D eigenvalue weighted by Gasteiger charge is -2.26. The third kappa shape index (κ3) is 12.2. The van der Waals surface area contributed by atoms with Gasteiger partial charge in [0.15, 0.2) is 0 Å². The van der Waals surface area contributed by atoms with Crippen molar-refractivity contribution >= 4 is 0 Å². The van der Waals surface area contributed by atoms with Gasteiger partial charge in [-0.3, -0.25) is 0 Å². The molecule has 278 valence electrons. The van der Waals surface area contributed by atoms with Crippen molar-refractivity contribution in [3.05, 3.63) is 141 Å². The summed E-state index contributed by atoms with van der Waals surface area (Å²) in [5.74, 6) is 15.2. The van der Waals surface area contributed by atoms with E-state index in [4.69, 9.17) is 0 Å². The summed E-state index contributed by atoms with van der Waals surface area (Å²) in [6, 6.07) is 29.3. The van der Waals surface area contributed by atoms with Crippen molar-refractivity contribution in [3.8, 4) is 23.7 Å². The predicted molar refractivity (Wildman–Crippen MR) is 220 cm³/mol. The first-order valence-corrected chi connectivity index (χ1v) is 20.7. The summed E-state index contributed by atoms with van der Waals surface area (Å²) in [4.78, 5) is 0. The van der Waals surface area contributed by atoms with E-state index in [2.05, 4.69) is 99.9 Å². The van der Waals surface area contributed by atoms with Crippen LogP contribution in [0.2, 0.25) is 0 Å². The molecule has 6 rings (SSSR count). The van der Waals surface area contributed by atoms with Crippen LogP contribution in [0.1, 0.15) is 155 Å². The van der Waals surface area contributed by atoms with Gasteiger partial charge in [0.1, 0.15) is 11.6 Å². The van der Waals surface area contributed by atoms with E-state index in [0.717, 1.165) is 80.0 Å². The third-order valence-electron chi connectivity index (χ3n) is 11.3. The normalized spacial score (nSPS) is 19.5. The van der Waals surface area contributed by atoms with Crippen molar-refractivity contribution in [3.63, 3.8) is 0 Å². The van der Waals surface area contributed by atoms with Crippen LogP contribution >= 0.6 is 0 Å². The van der Waals surface area contributed by atoms with Gasteiger partial charge in [0.2, 0.25) is 0 Å². The first kappa shape index (κ1) is 40.1. The Labute approximate surface area is 320 Å². The lowest BCUT2D eigenvalue weighted by Crippen LogP contribution is -2.12. The summed E-state index contributed by atoms with van der Waals surface area (Å²) in [6.07, 6.45) is 16.4. The molecule has 53 heavy (non-hydrogen) atoms. The topological polar surface area (TPSA) is 0 Å². The van der Waals surface area contributed by atoms with Crippen LogP contribution in [0.4, 0.5) is 8.78 Å². The molecule has 2 aliphatic carbocycles. The van der Waals surface area contributed by atoms with Gasteiger partial charge < -0.3 is 0 Å². The minimum Gasteiger partial charge on any atom is -0.207 e. The van der Waals surface area contributed by atoms with E-state index in [1.165, 1.54) is 60.8 Å². The molecule has 0 unspecified atom stereocenters. The number of hydrogen-bond acceptors (Lipinski definition) is 0. The van der Waals surface area contributed by atoms with Crippen LogP contribution in [0, 0.1) is 47.2 Å². The van der Waals surface area contributed by atoms with E-state index in [-0.39, 0.29) is 11.6 Å². The van der Waals surface area contributed by atoms with Crippen molar-refractivity contribution in [1.29, 1.82) is 0 Å². The van der Waals surface area contributed by atoms with Gasteiger partial charge in [0.05, 0.1) is 0 Å². The standard InChI is InChI=1S/C26H31F.C25H29F/c1-3-5-20-9-14-23(15-10-20)24-16-11-21(12-17-24)7-8-22-13-18-25(6-4-2)26(27)19-22;1-3-5-24-17-12-21(18-25(24)26)7-6-20-10-15-23(16-11-20)22-13-8-19(4-2)9-14-22/h9-10,13-15,18-19,21,24H,3-6,11-12,16-17H2,1-2H3;8-9,12-14,17-18,20,23H,3-5,10-11,15-16H2,1-2H3. The van der Waals surface area contributed by atoms with Gasteiger partial charge in [-0.25, -0.2) is 8.78 Å². The summed E-state index contributed by atoms with van der Waals surface area (Å²) < 4.78 is 28.1. The molecule has 4 aromatic rings. The highest BCUT2D eigenvalue weighted by Crippen LogP contribution is 2.37. The zero-order valence-electron chi connectivity index (χ0n) is 32.8. The molecule has 0 aromatic heterocycles. The Morgan fingerprint density at radius 3 is 1.23 bits per heavy atom. The Morgan fingerprint density at radius 2 is 0.868 bits per heavy atom. The maximum absolute atomic E-state index is 14.1. The van der Waals surface area contributed by atoms with Gasteiger partial charge in [-0.05, 0) is 147 Å². The number of halogens is 2. The fourth-order valence-corrected chi connectivity index (χ4v) is 7.98. The Morgan fingerprint density at radius 1 is 0.472 bits per heavy atom. The molecule has 0 amide bonds. The Hall–Kier alpha value is -4.14. The Balaban J connectivity index is 0.000000204. The average Bonchev–Trinajstić information content (AvgIpc) is 3.19. The number of benzene rings is 4. The maximum Gasteiger partial charge on any atom is 0.127 e. The van der Waals surface area contributed by atoms with E-state index in [1.807, 2.05) is 24.3 Å². The Kier molecular flexibility index (Phi) is 15.8. The summed E-state index contributed by atoms with van der Waals surface area (Å²) in [6.45, 7) is 8.57. The first-order chi connectivity index (χ1) is 25.9. The largest absolute Gasteiger partial charge is 0.207 e. The van der Waals surface area contributed by atoms with E-state index in [0.29, 0.717) is 23.7 Å². The van der Waals surface area contributed by atoms with E-state index >= 15 is 0 Å². The maximum atomic E-state index is 14.1. The van der Waals surface area contributed by atoms with Gasteiger partial charge in [-0.15, -0.1) is 0 Å². The summed E-state index contributed by atoms with van der Waals surface area (Å²) >= 11 is 0. The fraction of sp³-hybridized carbons (Fsp3) is 0.451. The van der Waals surface area contributed by atoms with Crippen molar-refractivity contribution in [1.82, 2.24) is 0 Å². The zero-order chi connectivity index (χ0) is 37.4. The number of hydrogen-bond donors (Lipinski definition) is 0. The minimum atomic E-state index is -0.113. The second-order valence-corrected chi connectivity index (χ2v) is 15.3. The molecule has 2 saturated carbocycles. The van der Waals surface area contributed by atoms with Crippen molar-refractivity contribution in [2.24, 2.45) is 11.8 Å². The monoisotopic (exact) mass is 710 g/mol. The molecule has 0 atom stereocenters. The number of aryl methyl sites for hydroxylation is 4. The molecule has 0 heterocycles. The van der Waals surface area contributed by atoms with Crippen LogP contribution in [0.3, 0.4) is 0 Å². The molecule has 0 saturated heterocycles. The van der Waals surface area contributed by atoms with E-state index in [1.54, 1.807) is 12.1 Å². The SMILES string of the molecule is CCCc1ccc(C#CC2CCC(c3ccc(CC)cc3)CC2)cc1F.CCCc1ccc(C2CCC(C#Cc3ccc(CCC)c(F)c3)CC2)cc1. The molecular weight excluding hydrogens is 651 g/mol. The lowest BCUT2D eigenvalue weighted by molar-refractivity contribution is 0.384. The van der Waals surface area contributed by atoms with Crippen LogP contribution in [-0.4, -0.2) is 0 Å². The van der Waals surface area contributed by atoms with Crippen molar-refractivity contribution < 1.29 is 8.78 Å². The smallest absolute Gasteiger partial charge is 0.127 e. The van der Waals surface area contributed by atoms with Gasteiger partial charge in [-0.2, -0.15) is 0 Å². The van der Waals surface area contributed by atoms with Crippen LogP contribution in [-0.2, 0) is 25.7 Å². The Bertz CT molecular complexity index is 1830. The minimum absolute atomic E-state index is 0.112. The zero-order valence-corrected chi connectivity index (χ0v) is 32.8. The highest BCUT2D eigenvalue weighted by atomic mass is 19.1. The van der Waals surface area contributed by atoms with Gasteiger partial charge in [-0.1, -0.05) is 131 Å². The number of rotatable bonds is 9.